The quantitative estimate of drug-likeness (QED) is 0.863. The summed E-state index contributed by atoms with van der Waals surface area (Å²) >= 11 is 6.19. The van der Waals surface area contributed by atoms with Gasteiger partial charge in [-0.25, -0.2) is 0 Å². The summed E-state index contributed by atoms with van der Waals surface area (Å²) in [4.78, 5) is 2.13. The van der Waals surface area contributed by atoms with Crippen molar-refractivity contribution >= 4 is 17.3 Å². The summed E-state index contributed by atoms with van der Waals surface area (Å²) in [5.74, 6) is 0.772. The molecule has 0 heterocycles. The van der Waals surface area contributed by atoms with Gasteiger partial charge in [-0.05, 0) is 32.0 Å². The van der Waals surface area contributed by atoms with E-state index in [0.29, 0.717) is 17.6 Å². The SMILES string of the molecule is COc1ccc(N(C)C(C)CCN)c(Cl)c1. The summed E-state index contributed by atoms with van der Waals surface area (Å²) in [5, 5.41) is 0.700. The minimum absolute atomic E-state index is 0.371. The van der Waals surface area contributed by atoms with E-state index in [0.717, 1.165) is 17.9 Å². The Kier molecular flexibility index (Phi) is 4.90. The summed E-state index contributed by atoms with van der Waals surface area (Å²) in [5.41, 5.74) is 6.55. The molecule has 16 heavy (non-hydrogen) atoms. The van der Waals surface area contributed by atoms with E-state index in [2.05, 4.69) is 11.8 Å². The maximum absolute atomic E-state index is 6.19. The van der Waals surface area contributed by atoms with Gasteiger partial charge in [-0.15, -0.1) is 0 Å². The lowest BCUT2D eigenvalue weighted by Crippen LogP contribution is -2.30. The van der Waals surface area contributed by atoms with Crippen molar-refractivity contribution < 1.29 is 4.74 Å². The molecule has 1 aromatic rings. The molecule has 0 aromatic heterocycles. The largest absolute Gasteiger partial charge is 0.497 e. The van der Waals surface area contributed by atoms with Crippen LogP contribution in [0.1, 0.15) is 13.3 Å². The summed E-state index contributed by atoms with van der Waals surface area (Å²) < 4.78 is 5.11. The van der Waals surface area contributed by atoms with Crippen molar-refractivity contribution in [3.8, 4) is 5.75 Å². The molecule has 0 aliphatic carbocycles. The second-order valence-corrected chi connectivity index (χ2v) is 4.26. The fourth-order valence-electron chi connectivity index (χ4n) is 1.57. The van der Waals surface area contributed by atoms with Crippen molar-refractivity contribution in [1.29, 1.82) is 0 Å². The molecule has 1 aromatic carbocycles. The number of nitrogens with two attached hydrogens (primary N) is 1. The van der Waals surface area contributed by atoms with Gasteiger partial charge in [0.15, 0.2) is 0 Å². The average Bonchev–Trinajstić information content (AvgIpc) is 2.28. The van der Waals surface area contributed by atoms with Gasteiger partial charge in [-0.1, -0.05) is 11.6 Å². The molecule has 1 rings (SSSR count). The van der Waals surface area contributed by atoms with Crippen LogP contribution in [0.2, 0.25) is 5.02 Å². The molecule has 0 saturated heterocycles. The van der Waals surface area contributed by atoms with Gasteiger partial charge in [0.2, 0.25) is 0 Å². The number of benzene rings is 1. The molecule has 0 spiro atoms. The smallest absolute Gasteiger partial charge is 0.120 e. The number of rotatable bonds is 5. The molecule has 0 aliphatic rings. The molecule has 1 unspecified atom stereocenters. The number of anilines is 1. The van der Waals surface area contributed by atoms with Crippen LogP contribution in [0.25, 0.3) is 0 Å². The van der Waals surface area contributed by atoms with Crippen LogP contribution in [0, 0.1) is 0 Å². The fourth-order valence-corrected chi connectivity index (χ4v) is 1.88. The predicted octanol–water partition coefficient (Wildman–Crippen LogP) is 2.52. The standard InChI is InChI=1S/C12H19ClN2O/c1-9(6-7-14)15(2)12-5-4-10(16-3)8-11(12)13/h4-5,8-9H,6-7,14H2,1-3H3. The topological polar surface area (TPSA) is 38.5 Å². The van der Waals surface area contributed by atoms with Gasteiger partial charge < -0.3 is 15.4 Å². The summed E-state index contributed by atoms with van der Waals surface area (Å²) in [7, 11) is 3.65. The van der Waals surface area contributed by atoms with E-state index < -0.39 is 0 Å². The number of methoxy groups -OCH3 is 1. The van der Waals surface area contributed by atoms with Crippen LogP contribution in [0.3, 0.4) is 0 Å². The number of ether oxygens (including phenoxy) is 1. The number of hydrogen-bond acceptors (Lipinski definition) is 3. The third-order valence-electron chi connectivity index (χ3n) is 2.78. The van der Waals surface area contributed by atoms with Crippen molar-refractivity contribution in [1.82, 2.24) is 0 Å². The van der Waals surface area contributed by atoms with Crippen molar-refractivity contribution in [3.63, 3.8) is 0 Å². The Morgan fingerprint density at radius 1 is 1.50 bits per heavy atom. The van der Waals surface area contributed by atoms with Gasteiger partial charge in [-0.2, -0.15) is 0 Å². The van der Waals surface area contributed by atoms with E-state index >= 15 is 0 Å². The van der Waals surface area contributed by atoms with Gasteiger partial charge in [0.1, 0.15) is 5.75 Å². The van der Waals surface area contributed by atoms with E-state index in [9.17, 15) is 0 Å². The van der Waals surface area contributed by atoms with Crippen LogP contribution < -0.4 is 15.4 Å². The maximum Gasteiger partial charge on any atom is 0.120 e. The molecule has 0 saturated carbocycles. The minimum atomic E-state index is 0.371. The molecule has 0 aliphatic heterocycles. The highest BCUT2D eigenvalue weighted by molar-refractivity contribution is 6.33. The average molecular weight is 243 g/mol. The lowest BCUT2D eigenvalue weighted by Gasteiger charge is -2.27. The first-order valence-electron chi connectivity index (χ1n) is 5.36. The molecule has 0 radical (unpaired) electrons. The van der Waals surface area contributed by atoms with Crippen molar-refractivity contribution in [2.75, 3.05) is 25.6 Å². The van der Waals surface area contributed by atoms with Crippen LogP contribution in [0.5, 0.6) is 5.75 Å². The van der Waals surface area contributed by atoms with Crippen LogP contribution >= 0.6 is 11.6 Å². The molecule has 4 heteroatoms. The molecule has 0 bridgehead atoms. The Balaban J connectivity index is 2.87. The highest BCUT2D eigenvalue weighted by Gasteiger charge is 2.12. The van der Waals surface area contributed by atoms with Crippen molar-refractivity contribution in [2.45, 2.75) is 19.4 Å². The minimum Gasteiger partial charge on any atom is -0.497 e. The molecule has 0 fully saturated rings. The normalized spacial score (nSPS) is 12.3. The zero-order valence-corrected chi connectivity index (χ0v) is 10.8. The number of halogens is 1. The third kappa shape index (κ3) is 3.03. The molecular weight excluding hydrogens is 224 g/mol. The zero-order valence-electron chi connectivity index (χ0n) is 10.0. The zero-order chi connectivity index (χ0) is 12.1. The van der Waals surface area contributed by atoms with Gasteiger partial charge in [-0.3, -0.25) is 0 Å². The summed E-state index contributed by atoms with van der Waals surface area (Å²) in [6, 6.07) is 6.07. The van der Waals surface area contributed by atoms with Crippen LogP contribution in [0.4, 0.5) is 5.69 Å². The lowest BCUT2D eigenvalue weighted by molar-refractivity contribution is 0.415. The lowest BCUT2D eigenvalue weighted by atomic mass is 10.2. The molecule has 0 amide bonds. The van der Waals surface area contributed by atoms with Gasteiger partial charge in [0.05, 0.1) is 17.8 Å². The van der Waals surface area contributed by atoms with E-state index in [4.69, 9.17) is 22.1 Å². The molecule has 1 atom stereocenters. The first-order chi connectivity index (χ1) is 7.60. The molecule has 3 nitrogen and oxygen atoms in total. The van der Waals surface area contributed by atoms with Crippen LogP contribution in [-0.2, 0) is 0 Å². The Morgan fingerprint density at radius 2 is 2.19 bits per heavy atom. The van der Waals surface area contributed by atoms with Crippen molar-refractivity contribution in [3.05, 3.63) is 23.2 Å². The first-order valence-corrected chi connectivity index (χ1v) is 5.74. The second kappa shape index (κ2) is 5.97. The maximum atomic E-state index is 6.19. The Morgan fingerprint density at radius 3 is 2.69 bits per heavy atom. The monoisotopic (exact) mass is 242 g/mol. The molecular formula is C12H19ClN2O. The van der Waals surface area contributed by atoms with Gasteiger partial charge >= 0.3 is 0 Å². The van der Waals surface area contributed by atoms with Crippen LogP contribution in [-0.4, -0.2) is 26.7 Å². The second-order valence-electron chi connectivity index (χ2n) is 3.85. The van der Waals surface area contributed by atoms with Crippen LogP contribution in [0.15, 0.2) is 18.2 Å². The van der Waals surface area contributed by atoms with E-state index in [1.54, 1.807) is 7.11 Å². The highest BCUT2D eigenvalue weighted by Crippen LogP contribution is 2.30. The Bertz CT molecular complexity index is 344. The Hall–Kier alpha value is -0.930. The first kappa shape index (κ1) is 13.1. The fraction of sp³-hybridized carbons (Fsp3) is 0.500. The highest BCUT2D eigenvalue weighted by atomic mass is 35.5. The van der Waals surface area contributed by atoms with E-state index in [1.807, 2.05) is 25.2 Å². The predicted molar refractivity (Wildman–Crippen MR) is 69.5 cm³/mol. The summed E-state index contributed by atoms with van der Waals surface area (Å²) in [6.45, 7) is 2.81. The van der Waals surface area contributed by atoms with E-state index in [1.165, 1.54) is 0 Å². The van der Waals surface area contributed by atoms with Crippen molar-refractivity contribution in [2.24, 2.45) is 5.73 Å². The number of nitrogens with zero attached hydrogens (tertiary/aromatic N) is 1. The number of hydrogen-bond donors (Lipinski definition) is 1. The Labute approximate surface area is 102 Å². The molecule has 2 N–H and O–H groups in total. The van der Waals surface area contributed by atoms with Gasteiger partial charge in [0.25, 0.3) is 0 Å². The molecule has 90 valence electrons. The van der Waals surface area contributed by atoms with E-state index in [-0.39, 0.29) is 0 Å². The van der Waals surface area contributed by atoms with Gasteiger partial charge in [0, 0.05) is 19.2 Å². The third-order valence-corrected chi connectivity index (χ3v) is 3.08. The summed E-state index contributed by atoms with van der Waals surface area (Å²) in [6.07, 6.45) is 0.943.